The third kappa shape index (κ3) is 2.74. The van der Waals surface area contributed by atoms with Gasteiger partial charge in [0.1, 0.15) is 0 Å². The molecule has 4 heteroatoms. The Morgan fingerprint density at radius 2 is 2.06 bits per heavy atom. The van der Waals surface area contributed by atoms with Gasteiger partial charge in [0.25, 0.3) is 0 Å². The normalized spacial score (nSPS) is 32.9. The summed E-state index contributed by atoms with van der Waals surface area (Å²) >= 11 is 0. The van der Waals surface area contributed by atoms with E-state index in [1.807, 2.05) is 0 Å². The number of nitrogens with zero attached hydrogens (tertiary/aromatic N) is 2. The highest BCUT2D eigenvalue weighted by molar-refractivity contribution is 5.66. The zero-order valence-corrected chi connectivity index (χ0v) is 10.2. The lowest BCUT2D eigenvalue weighted by molar-refractivity contribution is -0.137. The van der Waals surface area contributed by atoms with Crippen molar-refractivity contribution < 1.29 is 9.90 Å². The number of carboxylic acid groups (broad SMARTS) is 1. The van der Waals surface area contributed by atoms with Gasteiger partial charge in [0.05, 0.1) is 0 Å². The lowest BCUT2D eigenvalue weighted by atomic mass is 10.0. The summed E-state index contributed by atoms with van der Waals surface area (Å²) in [5, 5.41) is 8.75. The molecule has 2 unspecified atom stereocenters. The third-order valence-corrected chi connectivity index (χ3v) is 3.97. The SMILES string of the molecule is CC1CN(C2CC2)CC(CCC(=O)O)N1C. The van der Waals surface area contributed by atoms with Crippen LogP contribution in [0.15, 0.2) is 0 Å². The number of likely N-dealkylation sites (N-methyl/N-ethyl adjacent to an activating group) is 1. The maximum atomic E-state index is 10.6. The highest BCUT2D eigenvalue weighted by Gasteiger charge is 2.37. The summed E-state index contributed by atoms with van der Waals surface area (Å²) in [6.07, 6.45) is 3.74. The molecule has 2 rings (SSSR count). The van der Waals surface area contributed by atoms with Crippen LogP contribution in [0.25, 0.3) is 0 Å². The van der Waals surface area contributed by atoms with Gasteiger partial charge in [-0.05, 0) is 33.2 Å². The van der Waals surface area contributed by atoms with Gasteiger partial charge in [-0.3, -0.25) is 14.6 Å². The number of carbonyl (C=O) groups is 1. The standard InChI is InChI=1S/C12H22N2O2/c1-9-7-14(10-3-4-10)8-11(13(9)2)5-6-12(15)16/h9-11H,3-8H2,1-2H3,(H,15,16). The molecule has 0 bridgehead atoms. The molecule has 1 aliphatic heterocycles. The molecule has 0 amide bonds. The van der Waals surface area contributed by atoms with E-state index in [0.29, 0.717) is 18.5 Å². The van der Waals surface area contributed by atoms with Crippen LogP contribution in [-0.2, 0) is 4.79 Å². The number of hydrogen-bond donors (Lipinski definition) is 1. The maximum absolute atomic E-state index is 10.6. The van der Waals surface area contributed by atoms with E-state index in [9.17, 15) is 4.79 Å². The monoisotopic (exact) mass is 226 g/mol. The molecule has 92 valence electrons. The Bertz CT molecular complexity index is 266. The van der Waals surface area contributed by atoms with Crippen LogP contribution in [0, 0.1) is 0 Å². The molecule has 2 atom stereocenters. The van der Waals surface area contributed by atoms with E-state index in [-0.39, 0.29) is 0 Å². The summed E-state index contributed by atoms with van der Waals surface area (Å²) in [5.41, 5.74) is 0. The Hall–Kier alpha value is -0.610. The molecule has 1 heterocycles. The van der Waals surface area contributed by atoms with Crippen molar-refractivity contribution in [3.63, 3.8) is 0 Å². The second-order valence-corrected chi connectivity index (χ2v) is 5.29. The first kappa shape index (κ1) is 11.9. The molecule has 1 aliphatic carbocycles. The summed E-state index contributed by atoms with van der Waals surface area (Å²) in [7, 11) is 2.13. The zero-order chi connectivity index (χ0) is 11.7. The molecule has 2 aliphatic rings. The van der Waals surface area contributed by atoms with Gasteiger partial charge in [-0.1, -0.05) is 0 Å². The Labute approximate surface area is 97.2 Å². The minimum Gasteiger partial charge on any atom is -0.481 e. The van der Waals surface area contributed by atoms with Crippen LogP contribution in [0.5, 0.6) is 0 Å². The summed E-state index contributed by atoms with van der Waals surface area (Å²) in [6, 6.07) is 1.76. The van der Waals surface area contributed by atoms with Crippen LogP contribution in [-0.4, -0.2) is 59.1 Å². The molecule has 0 aromatic carbocycles. The summed E-state index contributed by atoms with van der Waals surface area (Å²) in [5.74, 6) is -0.676. The van der Waals surface area contributed by atoms with Gasteiger partial charge >= 0.3 is 5.97 Å². The van der Waals surface area contributed by atoms with Crippen LogP contribution < -0.4 is 0 Å². The molecule has 16 heavy (non-hydrogen) atoms. The maximum Gasteiger partial charge on any atom is 0.303 e. The van der Waals surface area contributed by atoms with Crippen molar-refractivity contribution in [2.75, 3.05) is 20.1 Å². The average molecular weight is 226 g/mol. The number of piperazine rings is 1. The highest BCUT2D eigenvalue weighted by atomic mass is 16.4. The molecular formula is C12H22N2O2. The van der Waals surface area contributed by atoms with Gasteiger partial charge in [0.15, 0.2) is 0 Å². The molecule has 1 saturated heterocycles. The van der Waals surface area contributed by atoms with E-state index in [2.05, 4.69) is 23.8 Å². The third-order valence-electron chi connectivity index (χ3n) is 3.97. The Morgan fingerprint density at radius 1 is 1.38 bits per heavy atom. The van der Waals surface area contributed by atoms with Crippen LogP contribution in [0.4, 0.5) is 0 Å². The minimum absolute atomic E-state index is 0.292. The van der Waals surface area contributed by atoms with E-state index in [1.165, 1.54) is 12.8 Å². The van der Waals surface area contributed by atoms with E-state index in [1.54, 1.807) is 0 Å². The van der Waals surface area contributed by atoms with E-state index >= 15 is 0 Å². The molecule has 0 aromatic heterocycles. The average Bonchev–Trinajstić information content (AvgIpc) is 3.03. The number of carboxylic acids is 1. The first-order valence-electron chi connectivity index (χ1n) is 6.25. The van der Waals surface area contributed by atoms with Crippen molar-refractivity contribution in [3.05, 3.63) is 0 Å². The first-order chi connectivity index (χ1) is 7.58. The highest BCUT2D eigenvalue weighted by Crippen LogP contribution is 2.30. The second kappa shape index (κ2) is 4.72. The van der Waals surface area contributed by atoms with Crippen molar-refractivity contribution in [3.8, 4) is 0 Å². The summed E-state index contributed by atoms with van der Waals surface area (Å²) in [4.78, 5) is 15.5. The fourth-order valence-electron chi connectivity index (χ4n) is 2.62. The smallest absolute Gasteiger partial charge is 0.303 e. The fourth-order valence-corrected chi connectivity index (χ4v) is 2.62. The molecular weight excluding hydrogens is 204 g/mol. The van der Waals surface area contributed by atoms with Crippen LogP contribution >= 0.6 is 0 Å². The Balaban J connectivity index is 1.89. The van der Waals surface area contributed by atoms with E-state index < -0.39 is 5.97 Å². The molecule has 4 nitrogen and oxygen atoms in total. The van der Waals surface area contributed by atoms with Gasteiger partial charge in [0, 0.05) is 37.6 Å². The first-order valence-corrected chi connectivity index (χ1v) is 6.25. The second-order valence-electron chi connectivity index (χ2n) is 5.29. The summed E-state index contributed by atoms with van der Waals surface area (Å²) in [6.45, 7) is 4.44. The minimum atomic E-state index is -0.676. The predicted octanol–water partition coefficient (Wildman–Crippen LogP) is 1.02. The largest absolute Gasteiger partial charge is 0.481 e. The number of hydrogen-bond acceptors (Lipinski definition) is 3. The zero-order valence-electron chi connectivity index (χ0n) is 10.2. The topological polar surface area (TPSA) is 43.8 Å². The van der Waals surface area contributed by atoms with E-state index in [4.69, 9.17) is 5.11 Å². The molecule has 1 N–H and O–H groups in total. The lowest BCUT2D eigenvalue weighted by Gasteiger charge is -2.44. The van der Waals surface area contributed by atoms with Crippen molar-refractivity contribution in [2.45, 2.75) is 50.7 Å². The van der Waals surface area contributed by atoms with Crippen molar-refractivity contribution >= 4 is 5.97 Å². The van der Waals surface area contributed by atoms with Crippen LogP contribution in [0.1, 0.15) is 32.6 Å². The molecule has 2 fully saturated rings. The summed E-state index contributed by atoms with van der Waals surface area (Å²) < 4.78 is 0. The molecule has 0 spiro atoms. The molecule has 0 aromatic rings. The van der Waals surface area contributed by atoms with Gasteiger partial charge in [-0.15, -0.1) is 0 Å². The lowest BCUT2D eigenvalue weighted by Crippen LogP contribution is -2.56. The van der Waals surface area contributed by atoms with Gasteiger partial charge < -0.3 is 5.11 Å². The number of aliphatic carboxylic acids is 1. The quantitative estimate of drug-likeness (QED) is 0.777. The fraction of sp³-hybridized carbons (Fsp3) is 0.917. The van der Waals surface area contributed by atoms with Crippen molar-refractivity contribution in [2.24, 2.45) is 0 Å². The molecule has 0 radical (unpaired) electrons. The van der Waals surface area contributed by atoms with E-state index in [0.717, 1.165) is 25.6 Å². The van der Waals surface area contributed by atoms with Crippen LogP contribution in [0.3, 0.4) is 0 Å². The Kier molecular flexibility index (Phi) is 3.50. The molecule has 1 saturated carbocycles. The Morgan fingerprint density at radius 3 is 2.62 bits per heavy atom. The van der Waals surface area contributed by atoms with Gasteiger partial charge in [-0.2, -0.15) is 0 Å². The van der Waals surface area contributed by atoms with Crippen molar-refractivity contribution in [1.82, 2.24) is 9.80 Å². The van der Waals surface area contributed by atoms with Crippen LogP contribution in [0.2, 0.25) is 0 Å². The number of rotatable bonds is 4. The van der Waals surface area contributed by atoms with Crippen molar-refractivity contribution in [1.29, 1.82) is 0 Å². The van der Waals surface area contributed by atoms with Gasteiger partial charge in [-0.25, -0.2) is 0 Å². The van der Waals surface area contributed by atoms with Gasteiger partial charge in [0.2, 0.25) is 0 Å². The predicted molar refractivity (Wildman–Crippen MR) is 62.5 cm³/mol.